The average molecular weight is 213 g/mol. The fraction of sp³-hybridized carbons (Fsp3) is 0.909. The number of urea groups is 1. The average Bonchev–Trinajstić information content (AvgIpc) is 2.71. The van der Waals surface area contributed by atoms with Gasteiger partial charge in [-0.05, 0) is 32.9 Å². The SMILES string of the molecule is CCN(C)C(=O)NCC1CCCN1CC. The van der Waals surface area contributed by atoms with Crippen molar-refractivity contribution in [1.82, 2.24) is 15.1 Å². The third-order valence-electron chi connectivity index (χ3n) is 3.22. The number of likely N-dealkylation sites (N-methyl/N-ethyl adjacent to an activating group) is 1. The summed E-state index contributed by atoms with van der Waals surface area (Å²) < 4.78 is 0. The van der Waals surface area contributed by atoms with Crippen LogP contribution in [0.2, 0.25) is 0 Å². The molecule has 2 amide bonds. The highest BCUT2D eigenvalue weighted by atomic mass is 16.2. The van der Waals surface area contributed by atoms with Gasteiger partial charge in [0.25, 0.3) is 0 Å². The van der Waals surface area contributed by atoms with Crippen LogP contribution >= 0.6 is 0 Å². The van der Waals surface area contributed by atoms with Gasteiger partial charge in [0.05, 0.1) is 0 Å². The molecule has 1 atom stereocenters. The van der Waals surface area contributed by atoms with Crippen molar-refractivity contribution in [2.45, 2.75) is 32.7 Å². The molecule has 4 heteroatoms. The van der Waals surface area contributed by atoms with Gasteiger partial charge >= 0.3 is 6.03 Å². The smallest absolute Gasteiger partial charge is 0.317 e. The van der Waals surface area contributed by atoms with Gasteiger partial charge in [-0.15, -0.1) is 0 Å². The summed E-state index contributed by atoms with van der Waals surface area (Å²) in [6, 6.07) is 0.588. The van der Waals surface area contributed by atoms with E-state index in [2.05, 4.69) is 17.1 Å². The van der Waals surface area contributed by atoms with Gasteiger partial charge in [-0.3, -0.25) is 4.90 Å². The number of likely N-dealkylation sites (tertiary alicyclic amines) is 1. The molecule has 1 heterocycles. The number of hydrogen-bond donors (Lipinski definition) is 1. The minimum absolute atomic E-state index is 0.0421. The van der Waals surface area contributed by atoms with Crippen molar-refractivity contribution in [1.29, 1.82) is 0 Å². The Morgan fingerprint density at radius 3 is 2.87 bits per heavy atom. The zero-order valence-electron chi connectivity index (χ0n) is 10.1. The van der Waals surface area contributed by atoms with Gasteiger partial charge < -0.3 is 10.2 Å². The zero-order chi connectivity index (χ0) is 11.3. The lowest BCUT2D eigenvalue weighted by molar-refractivity contribution is 0.203. The predicted molar refractivity (Wildman–Crippen MR) is 62.0 cm³/mol. The van der Waals surface area contributed by atoms with Crippen LogP contribution in [0.5, 0.6) is 0 Å². The Kier molecular flexibility index (Phi) is 4.88. The van der Waals surface area contributed by atoms with E-state index in [1.807, 2.05) is 14.0 Å². The highest BCUT2D eigenvalue weighted by Gasteiger charge is 2.23. The Labute approximate surface area is 92.6 Å². The molecule has 0 aromatic rings. The van der Waals surface area contributed by atoms with Crippen LogP contribution < -0.4 is 5.32 Å². The lowest BCUT2D eigenvalue weighted by Gasteiger charge is -2.24. The Morgan fingerprint density at radius 2 is 2.27 bits per heavy atom. The molecule has 1 aliphatic heterocycles. The zero-order valence-corrected chi connectivity index (χ0v) is 10.1. The van der Waals surface area contributed by atoms with Crippen molar-refractivity contribution in [3.63, 3.8) is 0 Å². The summed E-state index contributed by atoms with van der Waals surface area (Å²) in [5.74, 6) is 0. The summed E-state index contributed by atoms with van der Waals surface area (Å²) in [4.78, 5) is 15.7. The van der Waals surface area contributed by atoms with Crippen molar-refractivity contribution in [2.75, 3.05) is 33.2 Å². The number of hydrogen-bond acceptors (Lipinski definition) is 2. The highest BCUT2D eigenvalue weighted by molar-refractivity contribution is 5.73. The highest BCUT2D eigenvalue weighted by Crippen LogP contribution is 2.15. The quantitative estimate of drug-likeness (QED) is 0.760. The molecule has 88 valence electrons. The maximum atomic E-state index is 11.5. The summed E-state index contributed by atoms with van der Waals surface area (Å²) in [5.41, 5.74) is 0. The maximum Gasteiger partial charge on any atom is 0.317 e. The first-order valence-corrected chi connectivity index (χ1v) is 5.92. The Hall–Kier alpha value is -0.770. The normalized spacial score (nSPS) is 21.7. The van der Waals surface area contributed by atoms with Crippen molar-refractivity contribution in [2.24, 2.45) is 0 Å². The van der Waals surface area contributed by atoms with Crippen LogP contribution in [0.25, 0.3) is 0 Å². The number of carbonyl (C=O) groups is 1. The lowest BCUT2D eigenvalue weighted by atomic mass is 10.2. The van der Waals surface area contributed by atoms with Crippen molar-refractivity contribution in [3.8, 4) is 0 Å². The number of amides is 2. The molecule has 0 bridgehead atoms. The molecule has 0 aliphatic carbocycles. The molecule has 4 nitrogen and oxygen atoms in total. The lowest BCUT2D eigenvalue weighted by Crippen LogP contribution is -2.44. The predicted octanol–water partition coefficient (Wildman–Crippen LogP) is 1.13. The molecule has 1 rings (SSSR count). The summed E-state index contributed by atoms with van der Waals surface area (Å²) in [6.45, 7) is 7.97. The molecule has 1 aliphatic rings. The summed E-state index contributed by atoms with van der Waals surface area (Å²) in [5, 5.41) is 2.98. The van der Waals surface area contributed by atoms with Crippen molar-refractivity contribution >= 4 is 6.03 Å². The second kappa shape index (κ2) is 5.95. The van der Waals surface area contributed by atoms with Crippen LogP contribution in [0.15, 0.2) is 0 Å². The number of nitrogens with zero attached hydrogens (tertiary/aromatic N) is 2. The van der Waals surface area contributed by atoms with Gasteiger partial charge in [-0.1, -0.05) is 6.92 Å². The van der Waals surface area contributed by atoms with Crippen LogP contribution in [0.1, 0.15) is 26.7 Å². The van der Waals surface area contributed by atoms with E-state index in [-0.39, 0.29) is 6.03 Å². The number of rotatable bonds is 4. The van der Waals surface area contributed by atoms with Gasteiger partial charge in [0.2, 0.25) is 0 Å². The maximum absolute atomic E-state index is 11.5. The number of carbonyl (C=O) groups excluding carboxylic acids is 1. The van der Waals surface area contributed by atoms with Crippen LogP contribution in [0.4, 0.5) is 4.79 Å². The molecule has 1 saturated heterocycles. The molecule has 0 radical (unpaired) electrons. The van der Waals surface area contributed by atoms with Gasteiger partial charge in [0, 0.05) is 26.2 Å². The van der Waals surface area contributed by atoms with E-state index < -0.39 is 0 Å². The monoisotopic (exact) mass is 213 g/mol. The summed E-state index contributed by atoms with van der Waals surface area (Å²) in [6.07, 6.45) is 2.47. The van der Waals surface area contributed by atoms with E-state index in [0.29, 0.717) is 6.04 Å². The van der Waals surface area contributed by atoms with Gasteiger partial charge in [0.1, 0.15) is 0 Å². The van der Waals surface area contributed by atoms with Crippen molar-refractivity contribution in [3.05, 3.63) is 0 Å². The van der Waals surface area contributed by atoms with Gasteiger partial charge in [-0.2, -0.15) is 0 Å². The molecule has 0 spiro atoms. The molecule has 15 heavy (non-hydrogen) atoms. The second-order valence-electron chi connectivity index (χ2n) is 4.12. The summed E-state index contributed by atoms with van der Waals surface area (Å²) in [7, 11) is 1.82. The van der Waals surface area contributed by atoms with Crippen molar-refractivity contribution < 1.29 is 4.79 Å². The fourth-order valence-corrected chi connectivity index (χ4v) is 2.03. The minimum atomic E-state index is 0.0421. The summed E-state index contributed by atoms with van der Waals surface area (Å²) >= 11 is 0. The van der Waals surface area contributed by atoms with E-state index in [1.165, 1.54) is 19.4 Å². The topological polar surface area (TPSA) is 35.6 Å². The third kappa shape index (κ3) is 3.38. The van der Waals surface area contributed by atoms with Crippen LogP contribution in [0.3, 0.4) is 0 Å². The molecule has 1 N–H and O–H groups in total. The first kappa shape index (κ1) is 12.3. The first-order valence-electron chi connectivity index (χ1n) is 5.92. The fourth-order valence-electron chi connectivity index (χ4n) is 2.03. The van der Waals surface area contributed by atoms with E-state index in [1.54, 1.807) is 4.90 Å². The molecular formula is C11H23N3O. The van der Waals surface area contributed by atoms with E-state index in [9.17, 15) is 4.79 Å². The Bertz CT molecular complexity index is 208. The Balaban J connectivity index is 2.27. The molecule has 1 unspecified atom stereocenters. The third-order valence-corrected chi connectivity index (χ3v) is 3.22. The molecular weight excluding hydrogens is 190 g/mol. The van der Waals surface area contributed by atoms with Crippen LogP contribution in [-0.4, -0.2) is 55.1 Å². The van der Waals surface area contributed by atoms with E-state index in [0.717, 1.165) is 19.6 Å². The molecule has 1 fully saturated rings. The van der Waals surface area contributed by atoms with E-state index in [4.69, 9.17) is 0 Å². The number of nitrogens with one attached hydrogen (secondary N) is 1. The molecule has 0 aromatic heterocycles. The standard InChI is InChI=1S/C11H23N3O/c1-4-13(3)11(15)12-9-10-7-6-8-14(10)5-2/h10H,4-9H2,1-3H3,(H,12,15). The van der Waals surface area contributed by atoms with Gasteiger partial charge in [0.15, 0.2) is 0 Å². The van der Waals surface area contributed by atoms with Crippen LogP contribution in [-0.2, 0) is 0 Å². The largest absolute Gasteiger partial charge is 0.336 e. The minimum Gasteiger partial charge on any atom is -0.336 e. The van der Waals surface area contributed by atoms with Crippen LogP contribution in [0, 0.1) is 0 Å². The van der Waals surface area contributed by atoms with Gasteiger partial charge in [-0.25, -0.2) is 4.79 Å². The molecule has 0 saturated carbocycles. The Morgan fingerprint density at radius 1 is 1.53 bits per heavy atom. The second-order valence-corrected chi connectivity index (χ2v) is 4.12. The van der Waals surface area contributed by atoms with E-state index >= 15 is 0 Å². The molecule has 0 aromatic carbocycles. The first-order chi connectivity index (χ1) is 7.19.